The number of nitrogens with one attached hydrogen (secondary N) is 1. The first-order valence-electron chi connectivity index (χ1n) is 5.49. The molecule has 1 nitrogen and oxygen atoms in total. The summed E-state index contributed by atoms with van der Waals surface area (Å²) in [5.74, 6) is 0.751. The number of aryl methyl sites for hydroxylation is 1. The molecular formula is C13H19N. The van der Waals surface area contributed by atoms with E-state index in [1.54, 1.807) is 0 Å². The summed E-state index contributed by atoms with van der Waals surface area (Å²) in [5, 5.41) is 3.40. The Labute approximate surface area is 86.5 Å². The fourth-order valence-electron chi connectivity index (χ4n) is 2.18. The summed E-state index contributed by atoms with van der Waals surface area (Å²) in [6, 6.07) is 4.75. The van der Waals surface area contributed by atoms with Crippen LogP contribution in [0.15, 0.2) is 12.1 Å². The van der Waals surface area contributed by atoms with Crippen molar-refractivity contribution in [3.8, 4) is 0 Å². The van der Waals surface area contributed by atoms with Crippen molar-refractivity contribution < 1.29 is 0 Å². The van der Waals surface area contributed by atoms with E-state index in [9.17, 15) is 0 Å². The molecule has 0 saturated carbocycles. The van der Waals surface area contributed by atoms with Crippen LogP contribution in [-0.4, -0.2) is 0 Å². The summed E-state index contributed by atoms with van der Waals surface area (Å²) >= 11 is 0. The Morgan fingerprint density at radius 3 is 2.50 bits per heavy atom. The summed E-state index contributed by atoms with van der Waals surface area (Å²) in [6.07, 6.45) is 1.21. The van der Waals surface area contributed by atoms with Gasteiger partial charge in [-0.15, -0.1) is 0 Å². The SMILES string of the molecule is Cc1cc2c(cc1CC(C)C)CNC2. The third-order valence-corrected chi connectivity index (χ3v) is 2.92. The molecule has 0 saturated heterocycles. The molecule has 0 aromatic heterocycles. The fraction of sp³-hybridized carbons (Fsp3) is 0.538. The van der Waals surface area contributed by atoms with Crippen molar-refractivity contribution in [3.05, 3.63) is 34.4 Å². The van der Waals surface area contributed by atoms with E-state index in [1.165, 1.54) is 28.7 Å². The van der Waals surface area contributed by atoms with Gasteiger partial charge in [-0.1, -0.05) is 26.0 Å². The minimum absolute atomic E-state index is 0.751. The highest BCUT2D eigenvalue weighted by atomic mass is 14.9. The molecule has 1 N–H and O–H groups in total. The van der Waals surface area contributed by atoms with Crippen LogP contribution in [-0.2, 0) is 19.5 Å². The average molecular weight is 189 g/mol. The van der Waals surface area contributed by atoms with Crippen molar-refractivity contribution in [2.45, 2.75) is 40.3 Å². The third-order valence-electron chi connectivity index (χ3n) is 2.92. The monoisotopic (exact) mass is 189 g/mol. The molecule has 1 aliphatic heterocycles. The lowest BCUT2D eigenvalue weighted by Gasteiger charge is -2.11. The Bertz CT molecular complexity index is 339. The molecule has 0 atom stereocenters. The van der Waals surface area contributed by atoms with Crippen molar-refractivity contribution in [1.82, 2.24) is 5.32 Å². The van der Waals surface area contributed by atoms with Crippen LogP contribution in [0.3, 0.4) is 0 Å². The van der Waals surface area contributed by atoms with Crippen LogP contribution in [0.25, 0.3) is 0 Å². The highest BCUT2D eigenvalue weighted by Crippen LogP contribution is 2.22. The predicted octanol–water partition coefficient (Wildman–Crippen LogP) is 2.80. The van der Waals surface area contributed by atoms with Crippen LogP contribution < -0.4 is 5.32 Å². The molecule has 1 aromatic carbocycles. The largest absolute Gasteiger partial charge is 0.309 e. The molecule has 0 amide bonds. The number of benzene rings is 1. The summed E-state index contributed by atoms with van der Waals surface area (Å²) in [4.78, 5) is 0. The number of rotatable bonds is 2. The Balaban J connectivity index is 2.32. The third kappa shape index (κ3) is 1.83. The normalized spacial score (nSPS) is 14.9. The zero-order valence-electron chi connectivity index (χ0n) is 9.35. The zero-order chi connectivity index (χ0) is 10.1. The van der Waals surface area contributed by atoms with Gasteiger partial charge < -0.3 is 5.32 Å². The van der Waals surface area contributed by atoms with Gasteiger partial charge in [-0.25, -0.2) is 0 Å². The second-order valence-corrected chi connectivity index (χ2v) is 4.75. The Morgan fingerprint density at radius 1 is 1.21 bits per heavy atom. The Kier molecular flexibility index (Phi) is 2.60. The van der Waals surface area contributed by atoms with Crippen molar-refractivity contribution in [3.63, 3.8) is 0 Å². The molecule has 0 unspecified atom stereocenters. The van der Waals surface area contributed by atoms with Crippen LogP contribution in [0, 0.1) is 12.8 Å². The highest BCUT2D eigenvalue weighted by molar-refractivity contribution is 5.39. The molecule has 1 aliphatic rings. The van der Waals surface area contributed by atoms with Crippen LogP contribution in [0.2, 0.25) is 0 Å². The van der Waals surface area contributed by atoms with Gasteiger partial charge in [-0.3, -0.25) is 0 Å². The van der Waals surface area contributed by atoms with Crippen LogP contribution in [0.4, 0.5) is 0 Å². The topological polar surface area (TPSA) is 12.0 Å². The van der Waals surface area contributed by atoms with Gasteiger partial charge in [-0.2, -0.15) is 0 Å². The lowest BCUT2D eigenvalue weighted by atomic mass is 9.95. The van der Waals surface area contributed by atoms with Gasteiger partial charge in [0.1, 0.15) is 0 Å². The van der Waals surface area contributed by atoms with Crippen LogP contribution in [0.1, 0.15) is 36.1 Å². The molecular weight excluding hydrogens is 170 g/mol. The maximum absolute atomic E-state index is 3.40. The summed E-state index contributed by atoms with van der Waals surface area (Å²) in [6.45, 7) is 8.91. The van der Waals surface area contributed by atoms with E-state index in [0.717, 1.165) is 19.0 Å². The summed E-state index contributed by atoms with van der Waals surface area (Å²) in [5.41, 5.74) is 5.99. The molecule has 0 spiro atoms. The Morgan fingerprint density at radius 2 is 1.86 bits per heavy atom. The Hall–Kier alpha value is -0.820. The first-order chi connectivity index (χ1) is 6.66. The molecule has 1 heteroatoms. The second-order valence-electron chi connectivity index (χ2n) is 4.75. The number of hydrogen-bond donors (Lipinski definition) is 1. The van der Waals surface area contributed by atoms with Crippen LogP contribution in [0.5, 0.6) is 0 Å². The maximum Gasteiger partial charge on any atom is 0.0212 e. The molecule has 14 heavy (non-hydrogen) atoms. The lowest BCUT2D eigenvalue weighted by Crippen LogP contribution is -2.00. The van der Waals surface area contributed by atoms with Crippen LogP contribution >= 0.6 is 0 Å². The van der Waals surface area contributed by atoms with E-state index >= 15 is 0 Å². The molecule has 0 aliphatic carbocycles. The molecule has 76 valence electrons. The van der Waals surface area contributed by atoms with Gasteiger partial charge in [0.15, 0.2) is 0 Å². The van der Waals surface area contributed by atoms with Gasteiger partial charge in [0.2, 0.25) is 0 Å². The van der Waals surface area contributed by atoms with E-state index in [4.69, 9.17) is 0 Å². The second kappa shape index (κ2) is 3.74. The lowest BCUT2D eigenvalue weighted by molar-refractivity contribution is 0.644. The minimum atomic E-state index is 0.751. The van der Waals surface area contributed by atoms with E-state index in [0.29, 0.717) is 0 Å². The zero-order valence-corrected chi connectivity index (χ0v) is 9.35. The van der Waals surface area contributed by atoms with E-state index < -0.39 is 0 Å². The molecule has 0 bridgehead atoms. The maximum atomic E-state index is 3.40. The minimum Gasteiger partial charge on any atom is -0.309 e. The average Bonchev–Trinajstić information content (AvgIpc) is 2.51. The van der Waals surface area contributed by atoms with Gasteiger partial charge >= 0.3 is 0 Å². The van der Waals surface area contributed by atoms with Gasteiger partial charge in [0.25, 0.3) is 0 Å². The smallest absolute Gasteiger partial charge is 0.0212 e. The predicted molar refractivity (Wildman–Crippen MR) is 60.3 cm³/mol. The van der Waals surface area contributed by atoms with E-state index in [-0.39, 0.29) is 0 Å². The molecule has 0 fully saturated rings. The van der Waals surface area contributed by atoms with Crippen molar-refractivity contribution in [1.29, 1.82) is 0 Å². The molecule has 0 radical (unpaired) electrons. The fourth-order valence-corrected chi connectivity index (χ4v) is 2.18. The van der Waals surface area contributed by atoms with Crippen molar-refractivity contribution in [2.75, 3.05) is 0 Å². The first-order valence-corrected chi connectivity index (χ1v) is 5.49. The molecule has 2 rings (SSSR count). The first kappa shape index (κ1) is 9.72. The van der Waals surface area contributed by atoms with Gasteiger partial charge in [0.05, 0.1) is 0 Å². The van der Waals surface area contributed by atoms with Gasteiger partial charge in [-0.05, 0) is 41.5 Å². The number of hydrogen-bond acceptors (Lipinski definition) is 1. The quantitative estimate of drug-likeness (QED) is 0.754. The highest BCUT2D eigenvalue weighted by Gasteiger charge is 2.12. The van der Waals surface area contributed by atoms with Crippen molar-refractivity contribution in [2.24, 2.45) is 5.92 Å². The number of fused-ring (bicyclic) bond motifs is 1. The molecule has 1 aromatic rings. The van der Waals surface area contributed by atoms with E-state index in [1.807, 2.05) is 0 Å². The summed E-state index contributed by atoms with van der Waals surface area (Å²) < 4.78 is 0. The summed E-state index contributed by atoms with van der Waals surface area (Å²) in [7, 11) is 0. The van der Waals surface area contributed by atoms with Crippen molar-refractivity contribution >= 4 is 0 Å². The molecule has 1 heterocycles. The standard InChI is InChI=1S/C13H19N/c1-9(2)4-11-6-13-8-14-7-12(13)5-10(11)3/h5-6,9,14H,4,7-8H2,1-3H3. The van der Waals surface area contributed by atoms with E-state index in [2.05, 4.69) is 38.2 Å². The van der Waals surface area contributed by atoms with Gasteiger partial charge in [0, 0.05) is 13.1 Å².